The molecule has 3 N–H and O–H groups in total. The topological polar surface area (TPSA) is 97.5 Å². The van der Waals surface area contributed by atoms with Crippen LogP contribution in [0, 0.1) is 11.6 Å². The molecule has 0 bridgehead atoms. The van der Waals surface area contributed by atoms with Crippen molar-refractivity contribution in [2.45, 2.75) is 10.9 Å². The van der Waals surface area contributed by atoms with Gasteiger partial charge in [-0.3, -0.25) is 4.79 Å². The Hall–Kier alpha value is -1.54. The SMILES string of the molecule is NC(CS(=O)(=O)c1cc(F)ccc1F)C(=O)O. The Morgan fingerprint density at radius 2 is 2.00 bits per heavy atom. The van der Waals surface area contributed by atoms with Gasteiger partial charge in [-0.2, -0.15) is 0 Å². The van der Waals surface area contributed by atoms with Crippen LogP contribution < -0.4 is 5.73 Å². The highest BCUT2D eigenvalue weighted by Crippen LogP contribution is 2.17. The molecule has 1 aromatic rings. The molecule has 0 radical (unpaired) electrons. The van der Waals surface area contributed by atoms with Gasteiger partial charge in [-0.15, -0.1) is 0 Å². The first-order chi connectivity index (χ1) is 7.74. The largest absolute Gasteiger partial charge is 0.480 e. The van der Waals surface area contributed by atoms with Gasteiger partial charge in [-0.05, 0) is 18.2 Å². The molecule has 0 aromatic heterocycles. The van der Waals surface area contributed by atoms with Crippen molar-refractivity contribution in [3.8, 4) is 0 Å². The van der Waals surface area contributed by atoms with Gasteiger partial charge in [-0.1, -0.05) is 0 Å². The van der Waals surface area contributed by atoms with E-state index in [-0.39, 0.29) is 0 Å². The Bertz CT molecular complexity index is 544. The molecule has 17 heavy (non-hydrogen) atoms. The summed E-state index contributed by atoms with van der Waals surface area (Å²) in [5.41, 5.74) is 5.03. The van der Waals surface area contributed by atoms with Crippen molar-refractivity contribution in [2.24, 2.45) is 5.73 Å². The maximum atomic E-state index is 13.2. The lowest BCUT2D eigenvalue weighted by atomic mass is 10.3. The van der Waals surface area contributed by atoms with E-state index in [1.165, 1.54) is 0 Å². The number of carboxylic acids is 1. The van der Waals surface area contributed by atoms with Crippen LogP contribution in [0.4, 0.5) is 8.78 Å². The monoisotopic (exact) mass is 265 g/mol. The van der Waals surface area contributed by atoms with E-state index in [0.29, 0.717) is 12.1 Å². The maximum absolute atomic E-state index is 13.2. The van der Waals surface area contributed by atoms with E-state index in [9.17, 15) is 22.0 Å². The van der Waals surface area contributed by atoms with Crippen molar-refractivity contribution >= 4 is 15.8 Å². The van der Waals surface area contributed by atoms with Gasteiger partial charge in [0.1, 0.15) is 22.6 Å². The number of carboxylic acid groups (broad SMARTS) is 1. The molecule has 0 saturated heterocycles. The zero-order chi connectivity index (χ0) is 13.2. The van der Waals surface area contributed by atoms with Crippen LogP contribution in [0.15, 0.2) is 23.1 Å². The highest BCUT2D eigenvalue weighted by atomic mass is 32.2. The van der Waals surface area contributed by atoms with Gasteiger partial charge < -0.3 is 10.8 Å². The quantitative estimate of drug-likeness (QED) is 0.807. The molecule has 1 aromatic carbocycles. The Labute approximate surface area is 95.8 Å². The second-order valence-electron chi connectivity index (χ2n) is 3.30. The smallest absolute Gasteiger partial charge is 0.321 e. The van der Waals surface area contributed by atoms with Crippen molar-refractivity contribution in [3.05, 3.63) is 29.8 Å². The van der Waals surface area contributed by atoms with Crippen LogP contribution >= 0.6 is 0 Å². The van der Waals surface area contributed by atoms with Crippen LogP contribution in [0.3, 0.4) is 0 Å². The summed E-state index contributed by atoms with van der Waals surface area (Å²) in [4.78, 5) is 9.51. The predicted molar refractivity (Wildman–Crippen MR) is 54.0 cm³/mol. The molecule has 0 spiro atoms. The third-order valence-electron chi connectivity index (χ3n) is 1.94. The van der Waals surface area contributed by atoms with Crippen molar-refractivity contribution in [2.75, 3.05) is 5.75 Å². The molecular formula is C9H9F2NO4S. The summed E-state index contributed by atoms with van der Waals surface area (Å²) in [7, 11) is -4.28. The molecule has 0 saturated carbocycles. The summed E-state index contributed by atoms with van der Waals surface area (Å²) in [6.45, 7) is 0. The summed E-state index contributed by atoms with van der Waals surface area (Å²) in [6.07, 6.45) is 0. The highest BCUT2D eigenvalue weighted by Gasteiger charge is 2.26. The number of hydrogen-bond donors (Lipinski definition) is 2. The summed E-state index contributed by atoms with van der Waals surface area (Å²) >= 11 is 0. The molecular weight excluding hydrogens is 256 g/mol. The lowest BCUT2D eigenvalue weighted by molar-refractivity contribution is -0.137. The van der Waals surface area contributed by atoms with Gasteiger partial charge >= 0.3 is 5.97 Å². The average Bonchev–Trinajstić information content (AvgIpc) is 2.20. The number of benzene rings is 1. The molecule has 1 unspecified atom stereocenters. The molecule has 0 fully saturated rings. The standard InChI is InChI=1S/C9H9F2NO4S/c10-5-1-2-6(11)8(3-5)17(15,16)4-7(12)9(13)14/h1-3,7H,4,12H2,(H,13,14). The Morgan fingerprint density at radius 3 is 2.53 bits per heavy atom. The van der Waals surface area contributed by atoms with E-state index in [4.69, 9.17) is 10.8 Å². The Morgan fingerprint density at radius 1 is 1.41 bits per heavy atom. The molecule has 5 nitrogen and oxygen atoms in total. The van der Waals surface area contributed by atoms with Crippen molar-refractivity contribution < 1.29 is 27.1 Å². The van der Waals surface area contributed by atoms with Gasteiger partial charge in [0, 0.05) is 0 Å². The number of carbonyl (C=O) groups is 1. The number of nitrogens with two attached hydrogens (primary N) is 1. The molecule has 1 rings (SSSR count). The van der Waals surface area contributed by atoms with E-state index >= 15 is 0 Å². The molecule has 94 valence electrons. The number of halogens is 2. The second-order valence-corrected chi connectivity index (χ2v) is 5.30. The van der Waals surface area contributed by atoms with Crippen LogP contribution in [0.2, 0.25) is 0 Å². The minimum Gasteiger partial charge on any atom is -0.480 e. The van der Waals surface area contributed by atoms with E-state index in [1.54, 1.807) is 0 Å². The van der Waals surface area contributed by atoms with Gasteiger partial charge in [0.05, 0.1) is 5.75 Å². The Balaban J connectivity index is 3.13. The molecule has 0 aliphatic carbocycles. The minimum atomic E-state index is -4.28. The van der Waals surface area contributed by atoms with E-state index < -0.39 is 44.1 Å². The molecule has 0 heterocycles. The Kier molecular flexibility index (Phi) is 3.79. The number of sulfone groups is 1. The fourth-order valence-corrected chi connectivity index (χ4v) is 2.57. The van der Waals surface area contributed by atoms with Crippen molar-refractivity contribution in [1.29, 1.82) is 0 Å². The normalized spacial score (nSPS) is 13.4. The summed E-state index contributed by atoms with van der Waals surface area (Å²) < 4.78 is 49.1. The number of rotatable bonds is 4. The van der Waals surface area contributed by atoms with Gasteiger partial charge in [0.15, 0.2) is 9.84 Å². The molecule has 0 amide bonds. The van der Waals surface area contributed by atoms with Crippen LogP contribution in [-0.2, 0) is 14.6 Å². The summed E-state index contributed by atoms with van der Waals surface area (Å²) in [6, 6.07) is 0.196. The first-order valence-corrected chi connectivity index (χ1v) is 6.05. The first kappa shape index (κ1) is 13.5. The van der Waals surface area contributed by atoms with Crippen molar-refractivity contribution in [1.82, 2.24) is 0 Å². The predicted octanol–water partition coefficient (Wildman–Crippen LogP) is 0.150. The van der Waals surface area contributed by atoms with E-state index in [0.717, 1.165) is 6.07 Å². The minimum absolute atomic E-state index is 0.485. The van der Waals surface area contributed by atoms with E-state index in [1.807, 2.05) is 0 Å². The lowest BCUT2D eigenvalue weighted by Crippen LogP contribution is -2.37. The van der Waals surface area contributed by atoms with E-state index in [2.05, 4.69) is 0 Å². The zero-order valence-electron chi connectivity index (χ0n) is 8.43. The van der Waals surface area contributed by atoms with Crippen LogP contribution in [0.25, 0.3) is 0 Å². The zero-order valence-corrected chi connectivity index (χ0v) is 9.25. The molecule has 0 aliphatic rings. The fraction of sp³-hybridized carbons (Fsp3) is 0.222. The van der Waals surface area contributed by atoms with Crippen LogP contribution in [0.1, 0.15) is 0 Å². The summed E-state index contributed by atoms with van der Waals surface area (Å²) in [5, 5.41) is 8.46. The van der Waals surface area contributed by atoms with Crippen LogP contribution in [0.5, 0.6) is 0 Å². The fourth-order valence-electron chi connectivity index (χ4n) is 1.11. The van der Waals surface area contributed by atoms with Gasteiger partial charge in [0.2, 0.25) is 0 Å². The molecule has 8 heteroatoms. The van der Waals surface area contributed by atoms with Crippen molar-refractivity contribution in [3.63, 3.8) is 0 Å². The average molecular weight is 265 g/mol. The second kappa shape index (κ2) is 4.76. The number of hydrogen-bond acceptors (Lipinski definition) is 4. The van der Waals surface area contributed by atoms with Crippen LogP contribution in [-0.4, -0.2) is 31.3 Å². The number of aliphatic carboxylic acids is 1. The lowest BCUT2D eigenvalue weighted by Gasteiger charge is -2.08. The molecule has 1 atom stereocenters. The molecule has 0 aliphatic heterocycles. The summed E-state index contributed by atoms with van der Waals surface area (Å²) in [5.74, 6) is -4.62. The van der Waals surface area contributed by atoms with Gasteiger partial charge in [0.25, 0.3) is 0 Å². The maximum Gasteiger partial charge on any atom is 0.321 e. The third-order valence-corrected chi connectivity index (χ3v) is 3.73. The third kappa shape index (κ3) is 3.21. The highest BCUT2D eigenvalue weighted by molar-refractivity contribution is 7.91. The first-order valence-electron chi connectivity index (χ1n) is 4.40. The van der Waals surface area contributed by atoms with Gasteiger partial charge in [-0.25, -0.2) is 17.2 Å².